The van der Waals surface area contributed by atoms with Crippen molar-refractivity contribution in [1.82, 2.24) is 9.78 Å². The average Bonchev–Trinajstić information content (AvgIpc) is 2.99. The number of anilines is 1. The number of carbonyl (C=O) groups excluding carboxylic acids is 1. The Morgan fingerprint density at radius 3 is 2.48 bits per heavy atom. The van der Waals surface area contributed by atoms with Crippen molar-refractivity contribution >= 4 is 17.5 Å². The number of H-pyrrole nitrogens is 1. The summed E-state index contributed by atoms with van der Waals surface area (Å²) in [7, 11) is 1.91. The van der Waals surface area contributed by atoms with Gasteiger partial charge in [0.05, 0.1) is 5.69 Å². The van der Waals surface area contributed by atoms with E-state index in [0.29, 0.717) is 11.4 Å². The Morgan fingerprint density at radius 1 is 1.00 bits per heavy atom. The number of fused-ring (bicyclic) bond motifs is 1. The second-order valence-corrected chi connectivity index (χ2v) is 6.47. The van der Waals surface area contributed by atoms with Gasteiger partial charge in [0.25, 0.3) is 5.56 Å². The zero-order valence-electron chi connectivity index (χ0n) is 15.1. The molecule has 0 saturated carbocycles. The van der Waals surface area contributed by atoms with E-state index >= 15 is 0 Å². The summed E-state index contributed by atoms with van der Waals surface area (Å²) in [5.74, 6) is -0.311. The van der Waals surface area contributed by atoms with Gasteiger partial charge in [0.1, 0.15) is 5.56 Å². The van der Waals surface area contributed by atoms with Crippen molar-refractivity contribution in [2.24, 2.45) is 0 Å². The summed E-state index contributed by atoms with van der Waals surface area (Å²) in [4.78, 5) is 27.6. The normalized spacial score (nSPS) is 14.4. The van der Waals surface area contributed by atoms with Gasteiger partial charge in [-0.25, -0.2) is 4.68 Å². The minimum Gasteiger partial charge on any atom is -0.344 e. The predicted octanol–water partition coefficient (Wildman–Crippen LogP) is 3.70. The molecule has 3 aromatic rings. The SMILES string of the molecule is Cc1[nH]n(-c2ccccc2)c(=O)c1C(=O)/C=C1/C=Cc2ccccc2N1C. The zero-order chi connectivity index (χ0) is 19.0. The lowest BCUT2D eigenvalue weighted by Crippen LogP contribution is -2.22. The first kappa shape index (κ1) is 16.8. The largest absolute Gasteiger partial charge is 0.344 e. The standard InChI is InChI=1S/C22H19N3O2/c1-15-21(22(27)25(23-15)17-9-4-3-5-10-17)20(26)14-18-13-12-16-8-6-7-11-19(16)24(18)2/h3-14,23H,1-2H3/b18-14-. The van der Waals surface area contributed by atoms with E-state index < -0.39 is 0 Å². The van der Waals surface area contributed by atoms with Crippen LogP contribution < -0.4 is 10.5 Å². The number of nitrogens with one attached hydrogen (secondary N) is 1. The molecule has 134 valence electrons. The van der Waals surface area contributed by atoms with Gasteiger partial charge in [0.15, 0.2) is 5.78 Å². The number of likely N-dealkylation sites (N-methyl/N-ethyl adjacent to an activating group) is 1. The Bertz CT molecular complexity index is 1130. The number of rotatable bonds is 3. The molecular formula is C22H19N3O2. The predicted molar refractivity (Wildman–Crippen MR) is 107 cm³/mol. The fourth-order valence-corrected chi connectivity index (χ4v) is 3.31. The molecule has 1 aliphatic rings. The Hall–Kier alpha value is -3.60. The van der Waals surface area contributed by atoms with E-state index in [1.807, 2.05) is 78.7 Å². The van der Waals surface area contributed by atoms with Gasteiger partial charge < -0.3 is 4.90 Å². The van der Waals surface area contributed by atoms with Crippen molar-refractivity contribution in [1.29, 1.82) is 0 Å². The molecule has 0 aliphatic carbocycles. The lowest BCUT2D eigenvalue weighted by atomic mass is 10.0. The second-order valence-electron chi connectivity index (χ2n) is 6.47. The van der Waals surface area contributed by atoms with Crippen LogP contribution in [0, 0.1) is 6.92 Å². The summed E-state index contributed by atoms with van der Waals surface area (Å²) in [6.07, 6.45) is 5.37. The molecule has 0 spiro atoms. The monoisotopic (exact) mass is 357 g/mol. The van der Waals surface area contributed by atoms with Crippen LogP contribution in [0.5, 0.6) is 0 Å². The Labute approximate surface area is 156 Å². The topological polar surface area (TPSA) is 58.1 Å². The number of aromatic nitrogens is 2. The van der Waals surface area contributed by atoms with Crippen molar-refractivity contribution < 1.29 is 4.79 Å². The molecule has 0 amide bonds. The van der Waals surface area contributed by atoms with Crippen LogP contribution in [0.25, 0.3) is 11.8 Å². The molecule has 1 N–H and O–H groups in total. The van der Waals surface area contributed by atoms with Crippen LogP contribution in [0.3, 0.4) is 0 Å². The van der Waals surface area contributed by atoms with Crippen LogP contribution in [0.2, 0.25) is 0 Å². The first-order valence-corrected chi connectivity index (χ1v) is 8.70. The summed E-state index contributed by atoms with van der Waals surface area (Å²) in [6.45, 7) is 1.74. The van der Waals surface area contributed by atoms with E-state index in [9.17, 15) is 9.59 Å². The Balaban J connectivity index is 1.72. The highest BCUT2D eigenvalue weighted by Gasteiger charge is 2.20. The smallest absolute Gasteiger partial charge is 0.282 e. The van der Waals surface area contributed by atoms with Gasteiger partial charge >= 0.3 is 0 Å². The van der Waals surface area contributed by atoms with Crippen LogP contribution in [-0.2, 0) is 0 Å². The minimum absolute atomic E-state index is 0.159. The molecule has 0 radical (unpaired) electrons. The summed E-state index contributed by atoms with van der Waals surface area (Å²) in [6, 6.07) is 17.2. The molecule has 1 aromatic heterocycles. The molecule has 0 unspecified atom stereocenters. The number of aryl methyl sites for hydroxylation is 1. The molecule has 0 bridgehead atoms. The van der Waals surface area contributed by atoms with Gasteiger partial charge in [-0.3, -0.25) is 14.7 Å². The number of hydrogen-bond donors (Lipinski definition) is 1. The zero-order valence-corrected chi connectivity index (χ0v) is 15.1. The Morgan fingerprint density at radius 2 is 1.70 bits per heavy atom. The van der Waals surface area contributed by atoms with E-state index in [-0.39, 0.29) is 16.9 Å². The number of benzene rings is 2. The van der Waals surface area contributed by atoms with Crippen LogP contribution in [0.1, 0.15) is 21.6 Å². The van der Waals surface area contributed by atoms with Gasteiger partial charge in [-0.15, -0.1) is 0 Å². The minimum atomic E-state index is -0.344. The highest BCUT2D eigenvalue weighted by atomic mass is 16.2. The number of para-hydroxylation sites is 2. The number of ketones is 1. The van der Waals surface area contributed by atoms with Crippen molar-refractivity contribution in [3.63, 3.8) is 0 Å². The summed E-state index contributed by atoms with van der Waals surface area (Å²) in [5.41, 5.74) is 3.91. The molecule has 27 heavy (non-hydrogen) atoms. The van der Waals surface area contributed by atoms with Crippen LogP contribution in [0.15, 0.2) is 77.2 Å². The molecular weight excluding hydrogens is 338 g/mol. The third-order valence-corrected chi connectivity index (χ3v) is 4.73. The van der Waals surface area contributed by atoms with Crippen LogP contribution in [0.4, 0.5) is 5.69 Å². The number of carbonyl (C=O) groups is 1. The third kappa shape index (κ3) is 2.93. The molecule has 0 atom stereocenters. The van der Waals surface area contributed by atoms with E-state index in [0.717, 1.165) is 16.9 Å². The fourth-order valence-electron chi connectivity index (χ4n) is 3.31. The molecule has 0 saturated heterocycles. The van der Waals surface area contributed by atoms with Crippen LogP contribution >= 0.6 is 0 Å². The van der Waals surface area contributed by atoms with Crippen molar-refractivity contribution in [3.8, 4) is 5.69 Å². The first-order valence-electron chi connectivity index (χ1n) is 8.70. The van der Waals surface area contributed by atoms with Gasteiger partial charge in [0, 0.05) is 30.2 Å². The lowest BCUT2D eigenvalue weighted by molar-refractivity contribution is 0.104. The molecule has 0 fully saturated rings. The van der Waals surface area contributed by atoms with Gasteiger partial charge in [-0.1, -0.05) is 42.5 Å². The van der Waals surface area contributed by atoms with Crippen LogP contribution in [-0.4, -0.2) is 22.6 Å². The fraction of sp³-hybridized carbons (Fsp3) is 0.0909. The average molecular weight is 357 g/mol. The molecule has 4 rings (SSSR count). The lowest BCUT2D eigenvalue weighted by Gasteiger charge is -2.26. The maximum Gasteiger partial charge on any atom is 0.282 e. The summed E-state index contributed by atoms with van der Waals surface area (Å²) in [5, 5.41) is 3.00. The summed E-state index contributed by atoms with van der Waals surface area (Å²) >= 11 is 0. The highest BCUT2D eigenvalue weighted by Crippen LogP contribution is 2.29. The van der Waals surface area contributed by atoms with E-state index in [4.69, 9.17) is 0 Å². The highest BCUT2D eigenvalue weighted by molar-refractivity contribution is 6.06. The van der Waals surface area contributed by atoms with Crippen molar-refractivity contribution in [3.05, 3.63) is 99.6 Å². The number of aromatic amines is 1. The maximum atomic E-state index is 12.9. The quantitative estimate of drug-likeness (QED) is 0.574. The molecule has 5 heteroatoms. The first-order chi connectivity index (χ1) is 13.1. The summed E-state index contributed by atoms with van der Waals surface area (Å²) < 4.78 is 1.40. The van der Waals surface area contributed by atoms with E-state index in [2.05, 4.69) is 5.10 Å². The van der Waals surface area contributed by atoms with Crippen molar-refractivity contribution in [2.45, 2.75) is 6.92 Å². The van der Waals surface area contributed by atoms with Crippen molar-refractivity contribution in [2.75, 3.05) is 11.9 Å². The third-order valence-electron chi connectivity index (χ3n) is 4.73. The second kappa shape index (κ2) is 6.61. The molecule has 2 heterocycles. The van der Waals surface area contributed by atoms with Gasteiger partial charge in [-0.05, 0) is 36.8 Å². The molecule has 5 nitrogen and oxygen atoms in total. The number of nitrogens with zero attached hydrogens (tertiary/aromatic N) is 2. The van der Waals surface area contributed by atoms with Gasteiger partial charge in [0.2, 0.25) is 0 Å². The van der Waals surface area contributed by atoms with E-state index in [1.165, 1.54) is 10.8 Å². The number of hydrogen-bond acceptors (Lipinski definition) is 3. The Kier molecular flexibility index (Phi) is 4.12. The number of allylic oxidation sites excluding steroid dienone is 2. The molecule has 2 aromatic carbocycles. The molecule has 1 aliphatic heterocycles. The van der Waals surface area contributed by atoms with Gasteiger partial charge in [-0.2, -0.15) is 0 Å². The van der Waals surface area contributed by atoms with E-state index in [1.54, 1.807) is 6.92 Å². The maximum absolute atomic E-state index is 12.9.